The lowest BCUT2D eigenvalue weighted by Gasteiger charge is -2.26. The predicted octanol–water partition coefficient (Wildman–Crippen LogP) is 4.27. The van der Waals surface area contributed by atoms with E-state index >= 15 is 0 Å². The maximum atomic E-state index is 12.3. The van der Waals surface area contributed by atoms with E-state index in [1.54, 1.807) is 0 Å². The third-order valence-corrected chi connectivity index (χ3v) is 4.93. The fourth-order valence-corrected chi connectivity index (χ4v) is 3.34. The van der Waals surface area contributed by atoms with Gasteiger partial charge in [0.05, 0.1) is 13.2 Å². The largest absolute Gasteiger partial charge is 0.378 e. The summed E-state index contributed by atoms with van der Waals surface area (Å²) in [6, 6.07) is 14.8. The van der Waals surface area contributed by atoms with Crippen molar-refractivity contribution in [2.24, 2.45) is 0 Å². The number of carbonyl (C=O) groups excluding carboxylic acids is 1. The van der Waals surface area contributed by atoms with Crippen molar-refractivity contribution in [1.82, 2.24) is 4.90 Å². The molecule has 0 aliphatic carbocycles. The number of hydrogen-bond donors (Lipinski definition) is 0. The number of rotatable bonds is 5. The maximum absolute atomic E-state index is 12.3. The van der Waals surface area contributed by atoms with Crippen LogP contribution in [0.2, 0.25) is 0 Å². The minimum absolute atomic E-state index is 0.227. The molecule has 0 aromatic heterocycles. The van der Waals surface area contributed by atoms with Gasteiger partial charge in [0.15, 0.2) is 0 Å². The molecule has 2 aromatic rings. The van der Waals surface area contributed by atoms with Crippen molar-refractivity contribution < 1.29 is 9.53 Å². The van der Waals surface area contributed by atoms with Crippen LogP contribution in [0.15, 0.2) is 42.5 Å². The van der Waals surface area contributed by atoms with Crippen molar-refractivity contribution in [3.63, 3.8) is 0 Å². The Bertz CT molecular complexity index is 768. The number of aryl methyl sites for hydroxylation is 3. The van der Waals surface area contributed by atoms with Crippen LogP contribution in [0.3, 0.4) is 0 Å². The first kappa shape index (κ1) is 18.4. The molecule has 136 valence electrons. The van der Waals surface area contributed by atoms with E-state index in [1.165, 1.54) is 27.8 Å². The summed E-state index contributed by atoms with van der Waals surface area (Å²) in [4.78, 5) is 14.2. The monoisotopic (exact) mass is 349 g/mol. The summed E-state index contributed by atoms with van der Waals surface area (Å²) in [5.41, 5.74) is 6.22. The molecule has 3 rings (SSSR count). The van der Waals surface area contributed by atoms with Gasteiger partial charge in [-0.3, -0.25) is 4.79 Å². The second-order valence-electron chi connectivity index (χ2n) is 6.88. The summed E-state index contributed by atoms with van der Waals surface area (Å²) in [7, 11) is 0. The molecule has 0 atom stereocenters. The highest BCUT2D eigenvalue weighted by Gasteiger charge is 2.16. The molecule has 1 aliphatic heterocycles. The third-order valence-electron chi connectivity index (χ3n) is 4.93. The molecule has 0 saturated carbocycles. The van der Waals surface area contributed by atoms with Crippen molar-refractivity contribution in [3.05, 3.63) is 70.3 Å². The SMILES string of the molecule is Cc1cccc(C)c1/C=C/c1cccc(CCC(=O)N2CCOCC2)c1. The quantitative estimate of drug-likeness (QED) is 0.755. The van der Waals surface area contributed by atoms with Crippen molar-refractivity contribution in [2.45, 2.75) is 26.7 Å². The van der Waals surface area contributed by atoms with Gasteiger partial charge in [0.25, 0.3) is 0 Å². The van der Waals surface area contributed by atoms with Crippen LogP contribution >= 0.6 is 0 Å². The zero-order chi connectivity index (χ0) is 18.4. The lowest BCUT2D eigenvalue weighted by Crippen LogP contribution is -2.40. The van der Waals surface area contributed by atoms with Crippen molar-refractivity contribution in [2.75, 3.05) is 26.3 Å². The fourth-order valence-electron chi connectivity index (χ4n) is 3.34. The summed E-state index contributed by atoms with van der Waals surface area (Å²) < 4.78 is 5.31. The third kappa shape index (κ3) is 4.83. The van der Waals surface area contributed by atoms with Crippen molar-refractivity contribution >= 4 is 18.1 Å². The average Bonchev–Trinajstić information content (AvgIpc) is 2.67. The first-order chi connectivity index (χ1) is 12.6. The number of ether oxygens (including phenoxy) is 1. The average molecular weight is 349 g/mol. The summed E-state index contributed by atoms with van der Waals surface area (Å²) in [5.74, 6) is 0.227. The van der Waals surface area contributed by atoms with Gasteiger partial charge < -0.3 is 9.64 Å². The van der Waals surface area contributed by atoms with Gasteiger partial charge in [0, 0.05) is 19.5 Å². The molecule has 0 spiro atoms. The number of amides is 1. The second-order valence-corrected chi connectivity index (χ2v) is 6.88. The number of morpholine rings is 1. The first-order valence-electron chi connectivity index (χ1n) is 9.32. The molecule has 0 radical (unpaired) electrons. The Morgan fingerprint density at radius 3 is 2.46 bits per heavy atom. The molecule has 1 fully saturated rings. The van der Waals surface area contributed by atoms with Gasteiger partial charge >= 0.3 is 0 Å². The normalized spacial score (nSPS) is 14.8. The van der Waals surface area contributed by atoms with Gasteiger partial charge in [-0.05, 0) is 48.1 Å². The molecular weight excluding hydrogens is 322 g/mol. The van der Waals surface area contributed by atoms with Crippen LogP contribution in [0.4, 0.5) is 0 Å². The molecule has 2 aromatic carbocycles. The Kier molecular flexibility index (Phi) is 6.24. The lowest BCUT2D eigenvalue weighted by molar-refractivity contribution is -0.135. The minimum atomic E-state index is 0.227. The second kappa shape index (κ2) is 8.81. The van der Waals surface area contributed by atoms with E-state index in [1.807, 2.05) is 4.90 Å². The molecule has 0 N–H and O–H groups in total. The zero-order valence-corrected chi connectivity index (χ0v) is 15.7. The smallest absolute Gasteiger partial charge is 0.223 e. The van der Waals surface area contributed by atoms with E-state index in [0.29, 0.717) is 19.6 Å². The minimum Gasteiger partial charge on any atom is -0.378 e. The number of carbonyl (C=O) groups is 1. The van der Waals surface area contributed by atoms with E-state index in [-0.39, 0.29) is 5.91 Å². The Hall–Kier alpha value is -2.39. The highest BCUT2D eigenvalue weighted by Crippen LogP contribution is 2.18. The molecule has 1 amide bonds. The van der Waals surface area contributed by atoms with E-state index in [4.69, 9.17) is 4.74 Å². The molecule has 3 nitrogen and oxygen atoms in total. The van der Waals surface area contributed by atoms with Crippen LogP contribution in [-0.4, -0.2) is 37.1 Å². The fraction of sp³-hybridized carbons (Fsp3) is 0.348. The van der Waals surface area contributed by atoms with Crippen molar-refractivity contribution in [3.8, 4) is 0 Å². The predicted molar refractivity (Wildman–Crippen MR) is 107 cm³/mol. The topological polar surface area (TPSA) is 29.5 Å². The molecule has 1 aliphatic rings. The molecule has 1 heterocycles. The summed E-state index contributed by atoms with van der Waals surface area (Å²) >= 11 is 0. The number of nitrogens with zero attached hydrogens (tertiary/aromatic N) is 1. The number of benzene rings is 2. The highest BCUT2D eigenvalue weighted by molar-refractivity contribution is 5.77. The number of hydrogen-bond acceptors (Lipinski definition) is 2. The Morgan fingerprint density at radius 2 is 1.73 bits per heavy atom. The summed E-state index contributed by atoms with van der Waals surface area (Å²) in [5, 5.41) is 0. The van der Waals surface area contributed by atoms with Crippen LogP contribution in [-0.2, 0) is 16.0 Å². The van der Waals surface area contributed by atoms with Crippen LogP contribution < -0.4 is 0 Å². The van der Waals surface area contributed by atoms with Gasteiger partial charge in [-0.15, -0.1) is 0 Å². The zero-order valence-electron chi connectivity index (χ0n) is 15.7. The summed E-state index contributed by atoms with van der Waals surface area (Å²) in [6.45, 7) is 7.03. The Balaban J connectivity index is 1.63. The van der Waals surface area contributed by atoms with E-state index < -0.39 is 0 Å². The molecule has 0 unspecified atom stereocenters. The van der Waals surface area contributed by atoms with E-state index in [0.717, 1.165) is 19.5 Å². The van der Waals surface area contributed by atoms with Crippen molar-refractivity contribution in [1.29, 1.82) is 0 Å². The van der Waals surface area contributed by atoms with Gasteiger partial charge in [0.1, 0.15) is 0 Å². The lowest BCUT2D eigenvalue weighted by atomic mass is 10.0. The van der Waals surface area contributed by atoms with Gasteiger partial charge in [-0.2, -0.15) is 0 Å². The Morgan fingerprint density at radius 1 is 1.04 bits per heavy atom. The van der Waals surface area contributed by atoms with Gasteiger partial charge in [-0.1, -0.05) is 54.6 Å². The molecule has 0 bridgehead atoms. The van der Waals surface area contributed by atoms with Crippen LogP contribution in [0.5, 0.6) is 0 Å². The van der Waals surface area contributed by atoms with E-state index in [2.05, 4.69) is 68.5 Å². The molecule has 26 heavy (non-hydrogen) atoms. The van der Waals surface area contributed by atoms with Gasteiger partial charge in [0.2, 0.25) is 5.91 Å². The van der Waals surface area contributed by atoms with Crippen LogP contribution in [0.25, 0.3) is 12.2 Å². The van der Waals surface area contributed by atoms with Gasteiger partial charge in [-0.25, -0.2) is 0 Å². The van der Waals surface area contributed by atoms with Crippen LogP contribution in [0.1, 0.15) is 34.2 Å². The van der Waals surface area contributed by atoms with Crippen LogP contribution in [0, 0.1) is 13.8 Å². The summed E-state index contributed by atoms with van der Waals surface area (Å²) in [6.07, 6.45) is 5.68. The highest BCUT2D eigenvalue weighted by atomic mass is 16.5. The first-order valence-corrected chi connectivity index (χ1v) is 9.32. The molecular formula is C23H27NO2. The van der Waals surface area contributed by atoms with E-state index in [9.17, 15) is 4.79 Å². The maximum Gasteiger partial charge on any atom is 0.223 e. The Labute approximate surface area is 156 Å². The standard InChI is InChI=1S/C23H27NO2/c1-18-5-3-6-19(2)22(18)11-9-20-7-4-8-21(17-20)10-12-23(25)24-13-15-26-16-14-24/h3-9,11,17H,10,12-16H2,1-2H3/b11-9+. The molecule has 3 heteroatoms. The molecule has 1 saturated heterocycles.